The van der Waals surface area contributed by atoms with Crippen LogP contribution in [0.1, 0.15) is 27.7 Å². The Hall–Kier alpha value is 0.160. The van der Waals surface area contributed by atoms with E-state index in [2.05, 4.69) is 39.7 Å². The standard InChI is InChI=1S/C10H21IN2O/c1-8(6-11)13(5)7-9(14)12-10(2,3)4/h8H,6-7H2,1-5H3,(H,12,14). The zero-order valence-corrected chi connectivity index (χ0v) is 11.9. The number of likely N-dealkylation sites (N-methyl/N-ethyl adjacent to an activating group) is 1. The number of rotatable bonds is 4. The Morgan fingerprint density at radius 1 is 1.50 bits per heavy atom. The van der Waals surface area contributed by atoms with Crippen LogP contribution in [-0.4, -0.2) is 40.4 Å². The van der Waals surface area contributed by atoms with Crippen LogP contribution in [0.3, 0.4) is 0 Å². The number of amides is 1. The molecule has 0 bridgehead atoms. The third-order valence-corrected chi connectivity index (χ3v) is 3.16. The van der Waals surface area contributed by atoms with Crippen molar-refractivity contribution in [2.75, 3.05) is 18.0 Å². The van der Waals surface area contributed by atoms with Gasteiger partial charge in [0, 0.05) is 16.0 Å². The van der Waals surface area contributed by atoms with Gasteiger partial charge in [0.2, 0.25) is 5.91 Å². The second-order valence-electron chi connectivity index (χ2n) is 4.72. The van der Waals surface area contributed by atoms with Crippen LogP contribution in [0.2, 0.25) is 0 Å². The molecule has 1 amide bonds. The molecule has 0 aromatic carbocycles. The van der Waals surface area contributed by atoms with Crippen molar-refractivity contribution >= 4 is 28.5 Å². The monoisotopic (exact) mass is 312 g/mol. The summed E-state index contributed by atoms with van der Waals surface area (Å²) in [6.45, 7) is 8.57. The van der Waals surface area contributed by atoms with Crippen LogP contribution in [0.25, 0.3) is 0 Å². The highest BCUT2D eigenvalue weighted by Gasteiger charge is 2.16. The average molecular weight is 312 g/mol. The molecular formula is C10H21IN2O. The first-order valence-corrected chi connectivity index (χ1v) is 6.36. The molecule has 1 unspecified atom stereocenters. The second kappa shape index (κ2) is 5.90. The van der Waals surface area contributed by atoms with Gasteiger partial charge in [0.15, 0.2) is 0 Å². The molecule has 1 atom stereocenters. The van der Waals surface area contributed by atoms with E-state index in [-0.39, 0.29) is 11.4 Å². The van der Waals surface area contributed by atoms with E-state index in [4.69, 9.17) is 0 Å². The van der Waals surface area contributed by atoms with Crippen LogP contribution in [0.5, 0.6) is 0 Å². The van der Waals surface area contributed by atoms with Gasteiger partial charge in [-0.2, -0.15) is 0 Å². The highest BCUT2D eigenvalue weighted by Crippen LogP contribution is 2.01. The molecule has 0 fully saturated rings. The van der Waals surface area contributed by atoms with Gasteiger partial charge in [0.1, 0.15) is 0 Å². The molecule has 0 aromatic heterocycles. The predicted molar refractivity (Wildman–Crippen MR) is 68.9 cm³/mol. The van der Waals surface area contributed by atoms with Crippen molar-refractivity contribution < 1.29 is 4.79 Å². The number of alkyl halides is 1. The second-order valence-corrected chi connectivity index (χ2v) is 5.60. The number of halogens is 1. The Morgan fingerprint density at radius 2 is 2.00 bits per heavy atom. The maximum absolute atomic E-state index is 11.5. The average Bonchev–Trinajstić information content (AvgIpc) is 1.99. The van der Waals surface area contributed by atoms with Crippen molar-refractivity contribution in [2.24, 2.45) is 0 Å². The van der Waals surface area contributed by atoms with E-state index in [1.165, 1.54) is 0 Å². The molecule has 0 aliphatic heterocycles. The Bertz CT molecular complexity index is 189. The van der Waals surface area contributed by atoms with Crippen LogP contribution >= 0.6 is 22.6 Å². The Morgan fingerprint density at radius 3 is 2.36 bits per heavy atom. The zero-order valence-electron chi connectivity index (χ0n) is 9.72. The van der Waals surface area contributed by atoms with Crippen LogP contribution in [0.4, 0.5) is 0 Å². The molecule has 0 radical (unpaired) electrons. The third-order valence-electron chi connectivity index (χ3n) is 1.88. The van der Waals surface area contributed by atoms with Crippen molar-refractivity contribution in [3.63, 3.8) is 0 Å². The SMILES string of the molecule is CC(CI)N(C)CC(=O)NC(C)(C)C. The van der Waals surface area contributed by atoms with Crippen molar-refractivity contribution in [1.29, 1.82) is 0 Å². The lowest BCUT2D eigenvalue weighted by Gasteiger charge is -2.26. The number of carbonyl (C=O) groups is 1. The van der Waals surface area contributed by atoms with Crippen molar-refractivity contribution in [3.8, 4) is 0 Å². The van der Waals surface area contributed by atoms with Gasteiger partial charge in [-0.25, -0.2) is 0 Å². The molecule has 1 N–H and O–H groups in total. The van der Waals surface area contributed by atoms with Crippen LogP contribution < -0.4 is 5.32 Å². The van der Waals surface area contributed by atoms with E-state index in [0.717, 1.165) is 4.43 Å². The summed E-state index contributed by atoms with van der Waals surface area (Å²) in [5.74, 6) is 0.0942. The lowest BCUT2D eigenvalue weighted by molar-refractivity contribution is -0.123. The minimum atomic E-state index is -0.133. The van der Waals surface area contributed by atoms with E-state index in [9.17, 15) is 4.79 Å². The fraction of sp³-hybridized carbons (Fsp3) is 0.900. The summed E-state index contributed by atoms with van der Waals surface area (Å²) < 4.78 is 1.04. The fourth-order valence-corrected chi connectivity index (χ4v) is 1.63. The van der Waals surface area contributed by atoms with Gasteiger partial charge >= 0.3 is 0 Å². The molecule has 0 saturated heterocycles. The lowest BCUT2D eigenvalue weighted by Crippen LogP contribution is -2.47. The molecule has 84 valence electrons. The van der Waals surface area contributed by atoms with Crippen LogP contribution in [0.15, 0.2) is 0 Å². The smallest absolute Gasteiger partial charge is 0.234 e. The summed E-state index contributed by atoms with van der Waals surface area (Å²) in [6.07, 6.45) is 0. The van der Waals surface area contributed by atoms with E-state index in [1.54, 1.807) is 0 Å². The van der Waals surface area contributed by atoms with Gasteiger partial charge in [-0.15, -0.1) is 0 Å². The molecule has 3 nitrogen and oxygen atoms in total. The van der Waals surface area contributed by atoms with Gasteiger partial charge in [0.05, 0.1) is 6.54 Å². The van der Waals surface area contributed by atoms with E-state index < -0.39 is 0 Å². The number of hydrogen-bond donors (Lipinski definition) is 1. The Labute approximate surface area is 101 Å². The Balaban J connectivity index is 3.95. The molecule has 14 heavy (non-hydrogen) atoms. The van der Waals surface area contributed by atoms with Gasteiger partial charge in [-0.05, 0) is 34.7 Å². The first-order chi connectivity index (χ1) is 6.26. The lowest BCUT2D eigenvalue weighted by atomic mass is 10.1. The van der Waals surface area contributed by atoms with Gasteiger partial charge in [0.25, 0.3) is 0 Å². The maximum Gasteiger partial charge on any atom is 0.234 e. The molecule has 0 aliphatic rings. The Kier molecular flexibility index (Phi) is 5.97. The first-order valence-electron chi connectivity index (χ1n) is 4.83. The highest BCUT2D eigenvalue weighted by molar-refractivity contribution is 14.1. The number of nitrogens with zero attached hydrogens (tertiary/aromatic N) is 1. The molecule has 0 saturated carbocycles. The van der Waals surface area contributed by atoms with E-state index in [1.807, 2.05) is 27.8 Å². The topological polar surface area (TPSA) is 32.3 Å². The van der Waals surface area contributed by atoms with Crippen molar-refractivity contribution in [3.05, 3.63) is 0 Å². The highest BCUT2D eigenvalue weighted by atomic mass is 127. The fourth-order valence-electron chi connectivity index (χ4n) is 0.958. The molecule has 0 spiro atoms. The summed E-state index contributed by atoms with van der Waals surface area (Å²) in [4.78, 5) is 13.6. The van der Waals surface area contributed by atoms with Crippen LogP contribution in [-0.2, 0) is 4.79 Å². The largest absolute Gasteiger partial charge is 0.350 e. The molecule has 0 heterocycles. The summed E-state index contributed by atoms with van der Waals surface area (Å²) >= 11 is 2.33. The summed E-state index contributed by atoms with van der Waals surface area (Å²) in [5, 5.41) is 2.95. The molecule has 0 aromatic rings. The first kappa shape index (κ1) is 14.2. The van der Waals surface area contributed by atoms with Crippen molar-refractivity contribution in [2.45, 2.75) is 39.3 Å². The van der Waals surface area contributed by atoms with E-state index >= 15 is 0 Å². The number of nitrogens with one attached hydrogen (secondary N) is 1. The number of hydrogen-bond acceptors (Lipinski definition) is 2. The summed E-state index contributed by atoms with van der Waals surface area (Å²) in [6, 6.07) is 0.446. The third kappa shape index (κ3) is 6.59. The van der Waals surface area contributed by atoms with E-state index in [0.29, 0.717) is 12.6 Å². The van der Waals surface area contributed by atoms with Gasteiger partial charge in [-0.1, -0.05) is 22.6 Å². The normalized spacial score (nSPS) is 14.2. The quantitative estimate of drug-likeness (QED) is 0.632. The van der Waals surface area contributed by atoms with Crippen LogP contribution in [0, 0.1) is 0 Å². The molecule has 4 heteroatoms. The molecule has 0 rings (SSSR count). The van der Waals surface area contributed by atoms with Gasteiger partial charge < -0.3 is 5.32 Å². The van der Waals surface area contributed by atoms with Crippen molar-refractivity contribution in [1.82, 2.24) is 10.2 Å². The minimum absolute atomic E-state index is 0.0942. The zero-order chi connectivity index (χ0) is 11.4. The number of carbonyl (C=O) groups excluding carboxylic acids is 1. The maximum atomic E-state index is 11.5. The van der Waals surface area contributed by atoms with Gasteiger partial charge in [-0.3, -0.25) is 9.69 Å². The summed E-state index contributed by atoms with van der Waals surface area (Å²) in [7, 11) is 1.98. The predicted octanol–water partition coefficient (Wildman–Crippen LogP) is 1.66. The summed E-state index contributed by atoms with van der Waals surface area (Å²) in [5.41, 5.74) is -0.133. The minimum Gasteiger partial charge on any atom is -0.350 e. The molecular weight excluding hydrogens is 291 g/mol. The molecule has 0 aliphatic carbocycles.